The van der Waals surface area contributed by atoms with Crippen molar-refractivity contribution in [2.24, 2.45) is 0 Å². The molecule has 6 nitrogen and oxygen atoms in total. The van der Waals surface area contributed by atoms with E-state index in [0.717, 1.165) is 15.8 Å². The number of hydrogen-bond acceptors (Lipinski definition) is 5. The Balaban J connectivity index is 1.49. The second-order valence-electron chi connectivity index (χ2n) is 6.47. The predicted molar refractivity (Wildman–Crippen MR) is 129 cm³/mol. The first-order chi connectivity index (χ1) is 14.9. The fraction of sp³-hybridized carbons (Fsp3) is 0.0455. The Morgan fingerprint density at radius 2 is 2.00 bits per heavy atom. The monoisotopic (exact) mass is 515 g/mol. The number of nitrogens with zero attached hydrogens (tertiary/aromatic N) is 1. The topological polar surface area (TPSA) is 76.4 Å². The van der Waals surface area contributed by atoms with Gasteiger partial charge in [0.1, 0.15) is 11.3 Å². The van der Waals surface area contributed by atoms with Crippen LogP contribution in [0.15, 0.2) is 69.6 Å². The normalized spacial score (nSPS) is 10.7. The maximum absolute atomic E-state index is 12.3. The van der Waals surface area contributed by atoms with Crippen LogP contribution >= 0.6 is 39.7 Å². The van der Waals surface area contributed by atoms with E-state index < -0.39 is 0 Å². The molecule has 0 radical (unpaired) electrons. The summed E-state index contributed by atoms with van der Waals surface area (Å²) in [5.74, 6) is 0.849. The number of carbonyl (C=O) groups is 1. The highest BCUT2D eigenvalue weighted by Crippen LogP contribution is 2.32. The van der Waals surface area contributed by atoms with Crippen molar-refractivity contribution >= 4 is 67.6 Å². The van der Waals surface area contributed by atoms with Crippen LogP contribution in [0.2, 0.25) is 5.02 Å². The van der Waals surface area contributed by atoms with E-state index in [9.17, 15) is 4.79 Å². The molecule has 3 aromatic carbocycles. The third-order valence-corrected chi connectivity index (χ3v) is 5.42. The van der Waals surface area contributed by atoms with Crippen molar-refractivity contribution in [3.05, 3.63) is 75.7 Å². The Morgan fingerprint density at radius 3 is 2.74 bits per heavy atom. The van der Waals surface area contributed by atoms with Crippen LogP contribution in [0.5, 0.6) is 5.75 Å². The van der Waals surface area contributed by atoms with Crippen LogP contribution < -0.4 is 15.4 Å². The molecule has 0 unspecified atom stereocenters. The molecule has 0 aliphatic rings. The maximum Gasteiger partial charge on any atom is 0.257 e. The second-order valence-corrected chi connectivity index (χ2v) is 8.17. The van der Waals surface area contributed by atoms with Gasteiger partial charge in [-0.15, -0.1) is 0 Å². The van der Waals surface area contributed by atoms with Crippen LogP contribution in [0.4, 0.5) is 5.69 Å². The molecule has 0 bridgehead atoms. The van der Waals surface area contributed by atoms with Crippen molar-refractivity contribution in [1.82, 2.24) is 10.3 Å². The first-order valence-corrected chi connectivity index (χ1v) is 10.6. The number of anilines is 1. The molecule has 0 saturated heterocycles. The van der Waals surface area contributed by atoms with Crippen molar-refractivity contribution in [2.75, 3.05) is 12.4 Å². The lowest BCUT2D eigenvalue weighted by molar-refractivity contribution is 0.0977. The smallest absolute Gasteiger partial charge is 0.257 e. The molecule has 4 rings (SSSR count). The van der Waals surface area contributed by atoms with Gasteiger partial charge in [0.25, 0.3) is 5.91 Å². The summed E-state index contributed by atoms with van der Waals surface area (Å²) in [6.07, 6.45) is 0. The minimum atomic E-state index is -0.352. The Labute approximate surface area is 196 Å². The SMILES string of the molecule is COc1ccc(-c2nc3cc(NC(=S)NC(=O)c4cccc(Cl)c4)ccc3o2)cc1Br. The Morgan fingerprint density at radius 1 is 1.16 bits per heavy atom. The van der Waals surface area contributed by atoms with Crippen LogP contribution in [0, 0.1) is 0 Å². The molecule has 0 saturated carbocycles. The number of carbonyl (C=O) groups excluding carboxylic acids is 1. The highest BCUT2D eigenvalue weighted by atomic mass is 79.9. The van der Waals surface area contributed by atoms with Crippen molar-refractivity contribution < 1.29 is 13.9 Å². The van der Waals surface area contributed by atoms with Crippen LogP contribution in [0.3, 0.4) is 0 Å². The highest BCUT2D eigenvalue weighted by molar-refractivity contribution is 9.10. The van der Waals surface area contributed by atoms with Crippen LogP contribution in [0.1, 0.15) is 10.4 Å². The third-order valence-electron chi connectivity index (χ3n) is 4.36. The van der Waals surface area contributed by atoms with E-state index in [4.69, 9.17) is 33.0 Å². The van der Waals surface area contributed by atoms with Gasteiger partial charge in [-0.2, -0.15) is 0 Å². The van der Waals surface area contributed by atoms with Gasteiger partial charge in [-0.05, 0) is 82.7 Å². The summed E-state index contributed by atoms with van der Waals surface area (Å²) >= 11 is 14.6. The van der Waals surface area contributed by atoms with Gasteiger partial charge >= 0.3 is 0 Å². The van der Waals surface area contributed by atoms with Gasteiger partial charge < -0.3 is 14.5 Å². The van der Waals surface area contributed by atoms with Gasteiger partial charge in [-0.25, -0.2) is 4.98 Å². The van der Waals surface area contributed by atoms with E-state index in [1.165, 1.54) is 0 Å². The van der Waals surface area contributed by atoms with E-state index >= 15 is 0 Å². The van der Waals surface area contributed by atoms with Gasteiger partial charge in [0.2, 0.25) is 5.89 Å². The van der Waals surface area contributed by atoms with Crippen molar-refractivity contribution in [3.63, 3.8) is 0 Å². The van der Waals surface area contributed by atoms with E-state index in [1.807, 2.05) is 18.2 Å². The molecule has 0 aliphatic heterocycles. The summed E-state index contributed by atoms with van der Waals surface area (Å²) in [4.78, 5) is 16.9. The number of nitrogens with one attached hydrogen (secondary N) is 2. The summed E-state index contributed by atoms with van der Waals surface area (Å²) in [7, 11) is 1.61. The molecule has 0 fully saturated rings. The molecule has 0 atom stereocenters. The zero-order valence-electron chi connectivity index (χ0n) is 16.1. The van der Waals surface area contributed by atoms with Gasteiger partial charge in [0.05, 0.1) is 11.6 Å². The Kier molecular flexibility index (Phi) is 6.22. The Hall–Kier alpha value is -2.94. The lowest BCUT2D eigenvalue weighted by atomic mass is 10.2. The van der Waals surface area contributed by atoms with E-state index in [0.29, 0.717) is 33.3 Å². The Bertz CT molecular complexity index is 1310. The number of amides is 1. The van der Waals surface area contributed by atoms with Crippen molar-refractivity contribution in [2.45, 2.75) is 0 Å². The summed E-state index contributed by atoms with van der Waals surface area (Å²) in [5, 5.41) is 6.25. The number of thiocarbonyl (C=S) groups is 1. The fourth-order valence-electron chi connectivity index (χ4n) is 2.90. The molecule has 1 heterocycles. The number of hydrogen-bond donors (Lipinski definition) is 2. The molecule has 4 aromatic rings. The molecular formula is C22H15BrClN3O3S. The molecule has 9 heteroatoms. The average molecular weight is 517 g/mol. The number of methoxy groups -OCH3 is 1. The molecular weight excluding hydrogens is 502 g/mol. The lowest BCUT2D eigenvalue weighted by Crippen LogP contribution is -2.34. The standard InChI is InChI=1S/C22H15BrClN3O3S/c1-29-18-7-5-13(10-16(18)23)21-26-17-11-15(6-8-19(17)30-21)25-22(31)27-20(28)12-3-2-4-14(24)9-12/h2-11H,1H3,(H2,25,27,28,31). The quantitative estimate of drug-likeness (QED) is 0.322. The number of halogens is 2. The van der Waals surface area contributed by atoms with Gasteiger partial charge in [0, 0.05) is 21.8 Å². The summed E-state index contributed by atoms with van der Waals surface area (Å²) in [5.41, 5.74) is 3.17. The lowest BCUT2D eigenvalue weighted by Gasteiger charge is -2.09. The van der Waals surface area contributed by atoms with Crippen molar-refractivity contribution in [1.29, 1.82) is 0 Å². The molecule has 1 aromatic heterocycles. The maximum atomic E-state index is 12.3. The highest BCUT2D eigenvalue weighted by Gasteiger charge is 2.12. The minimum absolute atomic E-state index is 0.159. The van der Waals surface area contributed by atoms with Gasteiger partial charge in [-0.1, -0.05) is 17.7 Å². The number of benzene rings is 3. The molecule has 0 aliphatic carbocycles. The second kappa shape index (κ2) is 9.05. The van der Waals surface area contributed by atoms with Crippen molar-refractivity contribution in [3.8, 4) is 17.2 Å². The third kappa shape index (κ3) is 4.87. The van der Waals surface area contributed by atoms with E-state index in [1.54, 1.807) is 49.6 Å². The summed E-state index contributed by atoms with van der Waals surface area (Å²) < 4.78 is 11.9. The number of aromatic nitrogens is 1. The first kappa shape index (κ1) is 21.3. The minimum Gasteiger partial charge on any atom is -0.496 e. The number of rotatable bonds is 4. The van der Waals surface area contributed by atoms with Crippen LogP contribution in [-0.2, 0) is 0 Å². The summed E-state index contributed by atoms with van der Waals surface area (Å²) in [6.45, 7) is 0. The summed E-state index contributed by atoms with van der Waals surface area (Å²) in [6, 6.07) is 17.6. The largest absolute Gasteiger partial charge is 0.496 e. The predicted octanol–water partition coefficient (Wildman–Crippen LogP) is 6.05. The fourth-order valence-corrected chi connectivity index (χ4v) is 3.84. The van der Waals surface area contributed by atoms with E-state index in [2.05, 4.69) is 31.5 Å². The molecule has 2 N–H and O–H groups in total. The number of fused-ring (bicyclic) bond motifs is 1. The first-order valence-electron chi connectivity index (χ1n) is 9.05. The van der Waals surface area contributed by atoms with Gasteiger partial charge in [0.15, 0.2) is 10.7 Å². The number of oxazole rings is 1. The van der Waals surface area contributed by atoms with Gasteiger partial charge in [-0.3, -0.25) is 10.1 Å². The number of ether oxygens (including phenoxy) is 1. The van der Waals surface area contributed by atoms with Crippen LogP contribution in [-0.4, -0.2) is 23.1 Å². The molecule has 0 spiro atoms. The van der Waals surface area contributed by atoms with E-state index in [-0.39, 0.29) is 11.0 Å². The average Bonchev–Trinajstić information content (AvgIpc) is 3.17. The molecule has 31 heavy (non-hydrogen) atoms. The molecule has 1 amide bonds. The van der Waals surface area contributed by atoms with Crippen LogP contribution in [0.25, 0.3) is 22.6 Å². The zero-order valence-corrected chi connectivity index (χ0v) is 19.3. The zero-order chi connectivity index (χ0) is 22.0. The molecule has 156 valence electrons.